The molecule has 1 atom stereocenters. The second-order valence-corrected chi connectivity index (χ2v) is 4.14. The Morgan fingerprint density at radius 2 is 2.20 bits per heavy atom. The molecular weight excluding hydrogens is 210 g/mol. The number of aromatic nitrogens is 3. The van der Waals surface area contributed by atoms with Gasteiger partial charge in [0.2, 0.25) is 0 Å². The molecule has 78 valence electrons. The summed E-state index contributed by atoms with van der Waals surface area (Å²) in [5, 5.41) is 14.0. The van der Waals surface area contributed by atoms with Crippen LogP contribution in [0.1, 0.15) is 27.8 Å². The molecule has 2 aromatic heterocycles. The lowest BCUT2D eigenvalue weighted by Gasteiger charge is -2.10. The fourth-order valence-electron chi connectivity index (χ4n) is 1.39. The summed E-state index contributed by atoms with van der Waals surface area (Å²) in [6, 6.07) is 1.88. The minimum atomic E-state index is -0.668. The predicted octanol–water partition coefficient (Wildman–Crippen LogP) is 1.63. The fourth-order valence-corrected chi connectivity index (χ4v) is 2.04. The highest BCUT2D eigenvalue weighted by molar-refractivity contribution is 7.05. The largest absolute Gasteiger partial charge is 0.383 e. The van der Waals surface area contributed by atoms with Gasteiger partial charge in [0.05, 0.1) is 10.6 Å². The van der Waals surface area contributed by atoms with Crippen LogP contribution in [0, 0.1) is 13.8 Å². The van der Waals surface area contributed by atoms with Gasteiger partial charge in [-0.25, -0.2) is 0 Å². The van der Waals surface area contributed by atoms with Gasteiger partial charge in [0, 0.05) is 18.0 Å². The first kappa shape index (κ1) is 10.2. The molecule has 15 heavy (non-hydrogen) atoms. The summed E-state index contributed by atoms with van der Waals surface area (Å²) in [6.45, 7) is 3.79. The molecule has 0 saturated carbocycles. The molecule has 0 aliphatic carbocycles. The molecule has 4 nitrogen and oxygen atoms in total. The van der Waals surface area contributed by atoms with E-state index in [9.17, 15) is 5.11 Å². The predicted molar refractivity (Wildman–Crippen MR) is 57.7 cm³/mol. The number of nitrogens with zero attached hydrogens (tertiary/aromatic N) is 3. The smallest absolute Gasteiger partial charge is 0.118 e. The monoisotopic (exact) mass is 221 g/mol. The number of aliphatic hydroxyl groups excluding tert-OH is 1. The number of hydrogen-bond acceptors (Lipinski definition) is 5. The molecule has 0 aromatic carbocycles. The summed E-state index contributed by atoms with van der Waals surface area (Å²) in [5.41, 5.74) is 2.60. The lowest BCUT2D eigenvalue weighted by molar-refractivity contribution is 0.222. The van der Waals surface area contributed by atoms with E-state index in [1.54, 1.807) is 12.4 Å². The first-order chi connectivity index (χ1) is 7.20. The minimum Gasteiger partial charge on any atom is -0.383 e. The number of rotatable bonds is 2. The molecule has 1 N–H and O–H groups in total. The zero-order chi connectivity index (χ0) is 10.8. The number of aryl methyl sites for hydroxylation is 2. The molecular formula is C10H11N3OS. The van der Waals surface area contributed by atoms with Gasteiger partial charge in [0.15, 0.2) is 0 Å². The summed E-state index contributed by atoms with van der Waals surface area (Å²) in [7, 11) is 0. The van der Waals surface area contributed by atoms with E-state index in [2.05, 4.69) is 14.6 Å². The van der Waals surface area contributed by atoms with Gasteiger partial charge in [0.25, 0.3) is 0 Å². The lowest BCUT2D eigenvalue weighted by atomic mass is 10.0. The van der Waals surface area contributed by atoms with Crippen LogP contribution in [0.4, 0.5) is 0 Å². The molecule has 0 spiro atoms. The van der Waals surface area contributed by atoms with E-state index in [0.29, 0.717) is 0 Å². The molecule has 0 amide bonds. The highest BCUT2D eigenvalue weighted by atomic mass is 32.1. The molecule has 0 aliphatic heterocycles. The summed E-state index contributed by atoms with van der Waals surface area (Å²) in [4.78, 5) is 4.79. The van der Waals surface area contributed by atoms with Gasteiger partial charge >= 0.3 is 0 Å². The Morgan fingerprint density at radius 3 is 2.80 bits per heavy atom. The molecule has 1 unspecified atom stereocenters. The third-order valence-electron chi connectivity index (χ3n) is 2.31. The lowest BCUT2D eigenvalue weighted by Crippen LogP contribution is -2.02. The van der Waals surface area contributed by atoms with Crippen LogP contribution >= 0.6 is 11.5 Å². The van der Waals surface area contributed by atoms with E-state index in [1.807, 2.05) is 19.9 Å². The third-order valence-corrected chi connectivity index (χ3v) is 3.19. The van der Waals surface area contributed by atoms with E-state index in [0.717, 1.165) is 21.7 Å². The van der Waals surface area contributed by atoms with Crippen molar-refractivity contribution in [2.75, 3.05) is 0 Å². The van der Waals surface area contributed by atoms with Gasteiger partial charge in [-0.1, -0.05) is 4.49 Å². The molecule has 0 aliphatic rings. The van der Waals surface area contributed by atoms with Crippen molar-refractivity contribution in [1.29, 1.82) is 0 Å². The SMILES string of the molecule is Cc1ccncc1C(O)c1snnc1C. The summed E-state index contributed by atoms with van der Waals surface area (Å²) in [5.74, 6) is 0. The van der Waals surface area contributed by atoms with Gasteiger partial charge in [-0.15, -0.1) is 5.10 Å². The van der Waals surface area contributed by atoms with Gasteiger partial charge in [0.1, 0.15) is 6.10 Å². The number of hydrogen-bond donors (Lipinski definition) is 1. The van der Waals surface area contributed by atoms with Crippen LogP contribution < -0.4 is 0 Å². The van der Waals surface area contributed by atoms with Crippen LogP contribution in [0.2, 0.25) is 0 Å². The van der Waals surface area contributed by atoms with Crippen LogP contribution in [0.3, 0.4) is 0 Å². The van der Waals surface area contributed by atoms with E-state index in [1.165, 1.54) is 11.5 Å². The average Bonchev–Trinajstić information content (AvgIpc) is 2.64. The van der Waals surface area contributed by atoms with Crippen molar-refractivity contribution in [2.45, 2.75) is 20.0 Å². The summed E-state index contributed by atoms with van der Waals surface area (Å²) < 4.78 is 3.81. The van der Waals surface area contributed by atoms with Crippen molar-refractivity contribution < 1.29 is 5.11 Å². The van der Waals surface area contributed by atoms with Crippen LogP contribution in [0.5, 0.6) is 0 Å². The summed E-state index contributed by atoms with van der Waals surface area (Å²) >= 11 is 1.22. The van der Waals surface area contributed by atoms with E-state index in [4.69, 9.17) is 0 Å². The number of aliphatic hydroxyl groups is 1. The van der Waals surface area contributed by atoms with E-state index >= 15 is 0 Å². The second kappa shape index (κ2) is 4.04. The fraction of sp³-hybridized carbons (Fsp3) is 0.300. The highest BCUT2D eigenvalue weighted by Gasteiger charge is 2.17. The Labute approximate surface area is 91.8 Å². The van der Waals surface area contributed by atoms with Crippen LogP contribution in [0.15, 0.2) is 18.5 Å². The van der Waals surface area contributed by atoms with E-state index < -0.39 is 6.10 Å². The highest BCUT2D eigenvalue weighted by Crippen LogP contribution is 2.27. The maximum Gasteiger partial charge on any atom is 0.118 e. The number of pyridine rings is 1. The Balaban J connectivity index is 2.41. The Hall–Kier alpha value is -1.33. The van der Waals surface area contributed by atoms with Crippen LogP contribution in [0.25, 0.3) is 0 Å². The second-order valence-electron chi connectivity index (χ2n) is 3.36. The molecule has 0 bridgehead atoms. The maximum atomic E-state index is 10.1. The van der Waals surface area contributed by atoms with Crippen LogP contribution in [-0.4, -0.2) is 19.7 Å². The molecule has 2 heterocycles. The third kappa shape index (κ3) is 1.88. The first-order valence-electron chi connectivity index (χ1n) is 4.57. The van der Waals surface area contributed by atoms with Crippen molar-refractivity contribution in [3.63, 3.8) is 0 Å². The van der Waals surface area contributed by atoms with Crippen molar-refractivity contribution in [2.24, 2.45) is 0 Å². The molecule has 0 radical (unpaired) electrons. The van der Waals surface area contributed by atoms with Gasteiger partial charge in [-0.05, 0) is 37.0 Å². The molecule has 2 aromatic rings. The molecule has 0 fully saturated rings. The summed E-state index contributed by atoms with van der Waals surface area (Å²) in [6.07, 6.45) is 2.72. The Kier molecular flexibility index (Phi) is 2.75. The molecule has 2 rings (SSSR count). The zero-order valence-electron chi connectivity index (χ0n) is 8.51. The quantitative estimate of drug-likeness (QED) is 0.837. The van der Waals surface area contributed by atoms with Crippen molar-refractivity contribution in [3.05, 3.63) is 40.2 Å². The zero-order valence-corrected chi connectivity index (χ0v) is 9.32. The van der Waals surface area contributed by atoms with Gasteiger partial charge < -0.3 is 5.11 Å². The van der Waals surface area contributed by atoms with Gasteiger partial charge in [-0.2, -0.15) is 0 Å². The van der Waals surface area contributed by atoms with E-state index in [-0.39, 0.29) is 0 Å². The topological polar surface area (TPSA) is 58.9 Å². The standard InChI is InChI=1S/C10H11N3OS/c1-6-3-4-11-5-8(6)9(14)10-7(2)12-13-15-10/h3-5,9,14H,1-2H3. The average molecular weight is 221 g/mol. The van der Waals surface area contributed by atoms with Crippen LogP contribution in [-0.2, 0) is 0 Å². The maximum absolute atomic E-state index is 10.1. The molecule has 5 heteroatoms. The first-order valence-corrected chi connectivity index (χ1v) is 5.35. The van der Waals surface area contributed by atoms with Crippen molar-refractivity contribution in [1.82, 2.24) is 14.6 Å². The Bertz CT molecular complexity index is 469. The van der Waals surface area contributed by atoms with Gasteiger partial charge in [-0.3, -0.25) is 4.98 Å². The van der Waals surface area contributed by atoms with Crippen molar-refractivity contribution in [3.8, 4) is 0 Å². The Morgan fingerprint density at radius 1 is 1.40 bits per heavy atom. The minimum absolute atomic E-state index is 0.668. The normalized spacial score (nSPS) is 12.7. The molecule has 0 saturated heterocycles. The van der Waals surface area contributed by atoms with Crippen molar-refractivity contribution >= 4 is 11.5 Å².